The number of likely N-dealkylation sites (N-methyl/N-ethyl adjacent to an activating group) is 1. The summed E-state index contributed by atoms with van der Waals surface area (Å²) < 4.78 is 0. The molecule has 0 rings (SSSR count). The molecule has 1 atom stereocenters. The van der Waals surface area contributed by atoms with Gasteiger partial charge in [0.15, 0.2) is 5.78 Å². The topological polar surface area (TPSA) is 29.1 Å². The third-order valence-electron chi connectivity index (χ3n) is 1.28. The van der Waals surface area contributed by atoms with Gasteiger partial charge in [-0.2, -0.15) is 0 Å². The van der Waals surface area contributed by atoms with Gasteiger partial charge in [-0.15, -0.1) is 0 Å². The molecule has 0 aliphatic carbocycles. The molecule has 0 radical (unpaired) electrons. The van der Waals surface area contributed by atoms with E-state index in [1.54, 1.807) is 7.05 Å². The number of hydrogen-bond acceptors (Lipinski definition) is 2. The number of alkyl halides is 1. The number of nitrogens with one attached hydrogen (secondary N) is 1. The van der Waals surface area contributed by atoms with Crippen molar-refractivity contribution >= 4 is 21.7 Å². The van der Waals surface area contributed by atoms with Crippen LogP contribution in [-0.4, -0.2) is 24.2 Å². The highest BCUT2D eigenvalue weighted by molar-refractivity contribution is 9.09. The Hall–Kier alpha value is 0.110. The van der Waals surface area contributed by atoms with Crippen LogP contribution in [-0.2, 0) is 4.79 Å². The number of halogens is 1. The fourth-order valence-electron chi connectivity index (χ4n) is 0.686. The summed E-state index contributed by atoms with van der Waals surface area (Å²) in [5.41, 5.74) is 0. The number of Topliss-reactive ketones (excluding diaryl/α,β-unsaturated/α-hetero) is 1. The summed E-state index contributed by atoms with van der Waals surface area (Å²) in [4.78, 5) is 10.9. The molecule has 3 heteroatoms. The van der Waals surface area contributed by atoms with E-state index in [4.69, 9.17) is 0 Å². The lowest BCUT2D eigenvalue weighted by Crippen LogP contribution is -2.33. The molecule has 0 bridgehead atoms. The molecule has 1 N–H and O–H groups in total. The molecule has 0 aromatic carbocycles. The van der Waals surface area contributed by atoms with Gasteiger partial charge in [0, 0.05) is 0 Å². The van der Waals surface area contributed by atoms with Crippen LogP contribution in [0.25, 0.3) is 0 Å². The first-order chi connectivity index (χ1) is 4.26. The number of carbonyl (C=O) groups excluding carboxylic acids is 1. The van der Waals surface area contributed by atoms with Gasteiger partial charge in [-0.1, -0.05) is 22.9 Å². The van der Waals surface area contributed by atoms with Crippen LogP contribution in [0.5, 0.6) is 0 Å². The Balaban J connectivity index is 3.64. The highest BCUT2D eigenvalue weighted by Crippen LogP contribution is 1.94. The van der Waals surface area contributed by atoms with Crippen molar-refractivity contribution in [3.8, 4) is 0 Å². The van der Waals surface area contributed by atoms with Gasteiger partial charge < -0.3 is 5.32 Å². The first-order valence-corrected chi connectivity index (χ1v) is 4.14. The molecule has 0 aliphatic heterocycles. The molecular formula is C6H12BrNO. The zero-order valence-electron chi connectivity index (χ0n) is 5.78. The lowest BCUT2D eigenvalue weighted by atomic mass is 10.1. The molecule has 0 spiro atoms. The summed E-state index contributed by atoms with van der Waals surface area (Å²) in [5.74, 6) is 0.222. The summed E-state index contributed by atoms with van der Waals surface area (Å²) in [6, 6.07) is 0.0318. The Morgan fingerprint density at radius 1 is 1.78 bits per heavy atom. The molecule has 2 nitrogen and oxygen atoms in total. The molecule has 0 aromatic rings. The molecular weight excluding hydrogens is 182 g/mol. The van der Waals surface area contributed by atoms with Crippen LogP contribution in [0.1, 0.15) is 13.3 Å². The van der Waals surface area contributed by atoms with Crippen molar-refractivity contribution in [2.75, 3.05) is 12.4 Å². The van der Waals surface area contributed by atoms with Crippen LogP contribution in [0.2, 0.25) is 0 Å². The van der Waals surface area contributed by atoms with E-state index in [9.17, 15) is 4.79 Å². The van der Waals surface area contributed by atoms with Gasteiger partial charge in [-0.3, -0.25) is 4.79 Å². The average Bonchev–Trinajstić information content (AvgIpc) is 1.90. The number of ketones is 1. The van der Waals surface area contributed by atoms with Crippen LogP contribution in [0.15, 0.2) is 0 Å². The monoisotopic (exact) mass is 193 g/mol. The van der Waals surface area contributed by atoms with Crippen LogP contribution in [0.3, 0.4) is 0 Å². The van der Waals surface area contributed by atoms with Crippen molar-refractivity contribution in [3.05, 3.63) is 0 Å². The van der Waals surface area contributed by atoms with Gasteiger partial charge in [0.1, 0.15) is 0 Å². The second kappa shape index (κ2) is 4.94. The second-order valence-corrected chi connectivity index (χ2v) is 2.41. The highest BCUT2D eigenvalue weighted by Gasteiger charge is 2.10. The first kappa shape index (κ1) is 9.11. The first-order valence-electron chi connectivity index (χ1n) is 3.02. The Morgan fingerprint density at radius 3 is 2.44 bits per heavy atom. The fourth-order valence-corrected chi connectivity index (χ4v) is 1.08. The SMILES string of the molecule is CCC(NC)C(=O)CBr. The molecule has 9 heavy (non-hydrogen) atoms. The van der Waals surface area contributed by atoms with Gasteiger partial charge >= 0.3 is 0 Å². The van der Waals surface area contributed by atoms with Crippen LogP contribution < -0.4 is 5.32 Å². The smallest absolute Gasteiger partial charge is 0.160 e. The number of rotatable bonds is 4. The molecule has 0 aromatic heterocycles. The lowest BCUT2D eigenvalue weighted by molar-refractivity contribution is -0.118. The van der Waals surface area contributed by atoms with Crippen LogP contribution in [0.4, 0.5) is 0 Å². The second-order valence-electron chi connectivity index (χ2n) is 1.85. The van der Waals surface area contributed by atoms with E-state index in [1.807, 2.05) is 6.92 Å². The third kappa shape index (κ3) is 2.96. The van der Waals surface area contributed by atoms with E-state index in [2.05, 4.69) is 21.2 Å². The molecule has 54 valence electrons. The number of carbonyl (C=O) groups is 1. The number of hydrogen-bond donors (Lipinski definition) is 1. The minimum atomic E-state index is 0.0318. The summed E-state index contributed by atoms with van der Waals surface area (Å²) in [6.07, 6.45) is 0.862. The Bertz CT molecular complexity index is 91.1. The maximum atomic E-state index is 10.9. The van der Waals surface area contributed by atoms with E-state index in [1.165, 1.54) is 0 Å². The van der Waals surface area contributed by atoms with E-state index in [0.29, 0.717) is 5.33 Å². The third-order valence-corrected chi connectivity index (χ3v) is 1.83. The normalized spacial score (nSPS) is 13.2. The summed E-state index contributed by atoms with van der Waals surface area (Å²) in [6.45, 7) is 1.99. The standard InChI is InChI=1S/C6H12BrNO/c1-3-5(8-2)6(9)4-7/h5,8H,3-4H2,1-2H3. The Morgan fingerprint density at radius 2 is 2.33 bits per heavy atom. The summed E-state index contributed by atoms with van der Waals surface area (Å²) in [5, 5.41) is 3.37. The van der Waals surface area contributed by atoms with Gasteiger partial charge in [0.25, 0.3) is 0 Å². The molecule has 0 saturated heterocycles. The van der Waals surface area contributed by atoms with Gasteiger partial charge in [0.2, 0.25) is 0 Å². The van der Waals surface area contributed by atoms with Crippen LogP contribution in [0, 0.1) is 0 Å². The largest absolute Gasteiger partial charge is 0.311 e. The predicted molar refractivity (Wildman–Crippen MR) is 41.9 cm³/mol. The zero-order valence-corrected chi connectivity index (χ0v) is 7.36. The lowest BCUT2D eigenvalue weighted by Gasteiger charge is -2.08. The van der Waals surface area contributed by atoms with Gasteiger partial charge in [-0.25, -0.2) is 0 Å². The quantitative estimate of drug-likeness (QED) is 0.675. The maximum Gasteiger partial charge on any atom is 0.160 e. The predicted octanol–water partition coefficient (Wildman–Crippen LogP) is 0.948. The Kier molecular flexibility index (Phi) is 5.00. The molecule has 0 heterocycles. The van der Waals surface area contributed by atoms with Crippen molar-refractivity contribution in [3.63, 3.8) is 0 Å². The van der Waals surface area contributed by atoms with E-state index in [0.717, 1.165) is 6.42 Å². The van der Waals surface area contributed by atoms with Crippen molar-refractivity contribution in [1.29, 1.82) is 0 Å². The summed E-state index contributed by atoms with van der Waals surface area (Å²) >= 11 is 3.11. The van der Waals surface area contributed by atoms with Crippen molar-refractivity contribution in [2.45, 2.75) is 19.4 Å². The van der Waals surface area contributed by atoms with Gasteiger partial charge in [0.05, 0.1) is 11.4 Å². The highest BCUT2D eigenvalue weighted by atomic mass is 79.9. The van der Waals surface area contributed by atoms with Gasteiger partial charge in [-0.05, 0) is 13.5 Å². The minimum absolute atomic E-state index is 0.0318. The van der Waals surface area contributed by atoms with Crippen molar-refractivity contribution < 1.29 is 4.79 Å². The molecule has 1 unspecified atom stereocenters. The molecule has 0 fully saturated rings. The van der Waals surface area contributed by atoms with Crippen molar-refractivity contribution in [2.24, 2.45) is 0 Å². The van der Waals surface area contributed by atoms with Crippen LogP contribution >= 0.6 is 15.9 Å². The zero-order chi connectivity index (χ0) is 7.28. The van der Waals surface area contributed by atoms with E-state index < -0.39 is 0 Å². The molecule has 0 saturated carbocycles. The molecule has 0 amide bonds. The minimum Gasteiger partial charge on any atom is -0.311 e. The van der Waals surface area contributed by atoms with Crippen molar-refractivity contribution in [1.82, 2.24) is 5.32 Å². The summed E-state index contributed by atoms with van der Waals surface area (Å²) in [7, 11) is 1.80. The maximum absolute atomic E-state index is 10.9. The van der Waals surface area contributed by atoms with E-state index in [-0.39, 0.29) is 11.8 Å². The molecule has 0 aliphatic rings. The Labute approximate surface area is 64.1 Å². The van der Waals surface area contributed by atoms with E-state index >= 15 is 0 Å². The fraction of sp³-hybridized carbons (Fsp3) is 0.833. The average molecular weight is 194 g/mol.